The first-order chi connectivity index (χ1) is 9.81. The minimum absolute atomic E-state index is 0.352. The van der Waals surface area contributed by atoms with E-state index in [2.05, 4.69) is 29.3 Å². The van der Waals surface area contributed by atoms with Crippen molar-refractivity contribution in [1.82, 2.24) is 10.2 Å². The molecule has 3 heterocycles. The van der Waals surface area contributed by atoms with Crippen LogP contribution in [0.2, 0.25) is 0 Å². The van der Waals surface area contributed by atoms with Gasteiger partial charge in [-0.1, -0.05) is 6.07 Å². The maximum Gasteiger partial charge on any atom is 0.231 e. The SMILES string of the molecule is CC(c1ccc2c(c1)OCO2)N1CC2CCCNC2C1. The highest BCUT2D eigenvalue weighted by molar-refractivity contribution is 5.45. The molecule has 3 aliphatic rings. The zero-order valence-electron chi connectivity index (χ0n) is 12.0. The molecular formula is C16H22N2O2. The quantitative estimate of drug-likeness (QED) is 0.896. The van der Waals surface area contributed by atoms with Gasteiger partial charge in [0.2, 0.25) is 6.79 Å². The number of nitrogens with one attached hydrogen (secondary N) is 1. The summed E-state index contributed by atoms with van der Waals surface area (Å²) in [5.41, 5.74) is 1.33. The molecule has 108 valence electrons. The maximum absolute atomic E-state index is 5.49. The van der Waals surface area contributed by atoms with Crippen molar-refractivity contribution in [3.63, 3.8) is 0 Å². The van der Waals surface area contributed by atoms with Gasteiger partial charge in [0.15, 0.2) is 11.5 Å². The standard InChI is InChI=1S/C16H22N2O2/c1-11(12-4-5-15-16(7-12)20-10-19-15)18-8-13-3-2-6-17-14(13)9-18/h4-5,7,11,13-14,17H,2-3,6,8-10H2,1H3. The van der Waals surface area contributed by atoms with Gasteiger partial charge < -0.3 is 14.8 Å². The molecule has 0 bridgehead atoms. The number of benzene rings is 1. The highest BCUT2D eigenvalue weighted by Gasteiger charge is 2.36. The normalized spacial score (nSPS) is 30.2. The van der Waals surface area contributed by atoms with E-state index in [1.54, 1.807) is 0 Å². The van der Waals surface area contributed by atoms with Crippen molar-refractivity contribution in [3.05, 3.63) is 23.8 Å². The average molecular weight is 274 g/mol. The fourth-order valence-corrected chi connectivity index (χ4v) is 3.78. The molecule has 20 heavy (non-hydrogen) atoms. The van der Waals surface area contributed by atoms with Crippen molar-refractivity contribution >= 4 is 0 Å². The summed E-state index contributed by atoms with van der Waals surface area (Å²) >= 11 is 0. The molecule has 4 heteroatoms. The summed E-state index contributed by atoms with van der Waals surface area (Å²) in [4.78, 5) is 2.60. The van der Waals surface area contributed by atoms with Crippen LogP contribution in [0.3, 0.4) is 0 Å². The molecule has 0 radical (unpaired) electrons. The highest BCUT2D eigenvalue weighted by atomic mass is 16.7. The van der Waals surface area contributed by atoms with Crippen molar-refractivity contribution in [2.24, 2.45) is 5.92 Å². The van der Waals surface area contributed by atoms with Crippen LogP contribution in [0.5, 0.6) is 11.5 Å². The number of hydrogen-bond acceptors (Lipinski definition) is 4. The third-order valence-electron chi connectivity index (χ3n) is 5.05. The number of rotatable bonds is 2. The van der Waals surface area contributed by atoms with Crippen LogP contribution < -0.4 is 14.8 Å². The summed E-state index contributed by atoms with van der Waals surface area (Å²) in [6.45, 7) is 6.22. The number of fused-ring (bicyclic) bond motifs is 2. The minimum atomic E-state index is 0.352. The molecule has 1 aromatic rings. The Bertz CT molecular complexity index is 491. The lowest BCUT2D eigenvalue weighted by Gasteiger charge is -2.25. The second kappa shape index (κ2) is 4.93. The second-order valence-electron chi connectivity index (χ2n) is 6.21. The topological polar surface area (TPSA) is 33.7 Å². The largest absolute Gasteiger partial charge is 0.454 e. The second-order valence-corrected chi connectivity index (χ2v) is 6.21. The monoisotopic (exact) mass is 274 g/mol. The molecule has 1 aromatic carbocycles. The van der Waals surface area contributed by atoms with E-state index in [4.69, 9.17) is 9.47 Å². The predicted octanol–water partition coefficient (Wildman–Crippen LogP) is 2.16. The Morgan fingerprint density at radius 3 is 3.05 bits per heavy atom. The molecule has 0 spiro atoms. The molecule has 4 rings (SSSR count). The van der Waals surface area contributed by atoms with Crippen LogP contribution in [-0.4, -0.2) is 37.4 Å². The minimum Gasteiger partial charge on any atom is -0.454 e. The Balaban J connectivity index is 1.51. The molecule has 3 atom stereocenters. The summed E-state index contributed by atoms with van der Waals surface area (Å²) in [7, 11) is 0. The van der Waals surface area contributed by atoms with E-state index < -0.39 is 0 Å². The summed E-state index contributed by atoms with van der Waals surface area (Å²) in [6.07, 6.45) is 2.70. The van der Waals surface area contributed by atoms with Crippen molar-refractivity contribution < 1.29 is 9.47 Å². The lowest BCUT2D eigenvalue weighted by molar-refractivity contribution is 0.173. The van der Waals surface area contributed by atoms with E-state index in [9.17, 15) is 0 Å². The van der Waals surface area contributed by atoms with Crippen LogP contribution in [0.25, 0.3) is 0 Å². The van der Waals surface area contributed by atoms with Gasteiger partial charge in [0.05, 0.1) is 0 Å². The summed E-state index contributed by atoms with van der Waals surface area (Å²) in [5.74, 6) is 2.60. The van der Waals surface area contributed by atoms with Gasteiger partial charge in [-0.3, -0.25) is 4.90 Å². The molecule has 2 saturated heterocycles. The van der Waals surface area contributed by atoms with Crippen LogP contribution in [0, 0.1) is 5.92 Å². The van der Waals surface area contributed by atoms with E-state index in [-0.39, 0.29) is 0 Å². The fraction of sp³-hybridized carbons (Fsp3) is 0.625. The average Bonchev–Trinajstić information content (AvgIpc) is 3.11. The Morgan fingerprint density at radius 1 is 1.25 bits per heavy atom. The Kier molecular flexibility index (Phi) is 3.08. The van der Waals surface area contributed by atoms with Crippen molar-refractivity contribution in [3.8, 4) is 11.5 Å². The van der Waals surface area contributed by atoms with E-state index in [0.717, 1.165) is 17.4 Å². The van der Waals surface area contributed by atoms with Crippen molar-refractivity contribution in [1.29, 1.82) is 0 Å². The first kappa shape index (κ1) is 12.5. The van der Waals surface area contributed by atoms with E-state index >= 15 is 0 Å². The molecule has 1 N–H and O–H groups in total. The van der Waals surface area contributed by atoms with Gasteiger partial charge >= 0.3 is 0 Å². The Labute approximate surface area is 120 Å². The van der Waals surface area contributed by atoms with Crippen LogP contribution in [0.1, 0.15) is 31.4 Å². The van der Waals surface area contributed by atoms with Gasteiger partial charge in [0, 0.05) is 25.2 Å². The van der Waals surface area contributed by atoms with Crippen LogP contribution >= 0.6 is 0 Å². The molecule has 0 saturated carbocycles. The highest BCUT2D eigenvalue weighted by Crippen LogP contribution is 2.37. The molecule has 0 amide bonds. The van der Waals surface area contributed by atoms with E-state index in [0.29, 0.717) is 18.9 Å². The smallest absolute Gasteiger partial charge is 0.231 e. The molecule has 0 aliphatic carbocycles. The molecule has 3 aliphatic heterocycles. The maximum atomic E-state index is 5.49. The zero-order valence-corrected chi connectivity index (χ0v) is 12.0. The number of likely N-dealkylation sites (tertiary alicyclic amines) is 1. The molecule has 4 nitrogen and oxygen atoms in total. The number of nitrogens with zero attached hydrogens (tertiary/aromatic N) is 1. The van der Waals surface area contributed by atoms with Crippen molar-refractivity contribution in [2.75, 3.05) is 26.4 Å². The van der Waals surface area contributed by atoms with Gasteiger partial charge in [-0.05, 0) is 49.9 Å². The Morgan fingerprint density at radius 2 is 2.15 bits per heavy atom. The number of piperidine rings is 1. The van der Waals surface area contributed by atoms with E-state index in [1.165, 1.54) is 38.0 Å². The molecule has 2 fully saturated rings. The van der Waals surface area contributed by atoms with Crippen LogP contribution in [0.15, 0.2) is 18.2 Å². The van der Waals surface area contributed by atoms with E-state index in [1.807, 2.05) is 6.07 Å². The first-order valence-electron chi connectivity index (χ1n) is 7.68. The van der Waals surface area contributed by atoms with Gasteiger partial charge in [-0.15, -0.1) is 0 Å². The first-order valence-corrected chi connectivity index (χ1v) is 7.68. The lowest BCUT2D eigenvalue weighted by atomic mass is 9.94. The summed E-state index contributed by atoms with van der Waals surface area (Å²) in [6, 6.07) is 7.49. The third kappa shape index (κ3) is 2.07. The van der Waals surface area contributed by atoms with Gasteiger partial charge in [-0.2, -0.15) is 0 Å². The zero-order chi connectivity index (χ0) is 13.5. The number of ether oxygens (including phenoxy) is 2. The van der Waals surface area contributed by atoms with Crippen molar-refractivity contribution in [2.45, 2.75) is 31.8 Å². The Hall–Kier alpha value is -1.26. The molecular weight excluding hydrogens is 252 g/mol. The third-order valence-corrected chi connectivity index (χ3v) is 5.05. The van der Waals surface area contributed by atoms with Gasteiger partial charge in [0.25, 0.3) is 0 Å². The fourth-order valence-electron chi connectivity index (χ4n) is 3.78. The van der Waals surface area contributed by atoms with Gasteiger partial charge in [-0.25, -0.2) is 0 Å². The number of hydrogen-bond donors (Lipinski definition) is 1. The molecule has 3 unspecified atom stereocenters. The van der Waals surface area contributed by atoms with Gasteiger partial charge in [0.1, 0.15) is 0 Å². The molecule has 0 aromatic heterocycles. The summed E-state index contributed by atoms with van der Waals surface area (Å²) in [5, 5.41) is 3.67. The summed E-state index contributed by atoms with van der Waals surface area (Å²) < 4.78 is 10.9. The van der Waals surface area contributed by atoms with Crippen LogP contribution in [0.4, 0.5) is 0 Å². The predicted molar refractivity (Wildman–Crippen MR) is 77.1 cm³/mol. The van der Waals surface area contributed by atoms with Crippen LogP contribution in [-0.2, 0) is 0 Å². The lowest BCUT2D eigenvalue weighted by Crippen LogP contribution is -2.40.